The van der Waals surface area contributed by atoms with E-state index in [1.54, 1.807) is 37.1 Å². The number of hydrogen-bond acceptors (Lipinski definition) is 7. The maximum Gasteiger partial charge on any atom is 0.239 e. The van der Waals surface area contributed by atoms with Crippen molar-refractivity contribution in [3.8, 4) is 5.75 Å². The van der Waals surface area contributed by atoms with Gasteiger partial charge in [0, 0.05) is 22.4 Å². The molecule has 4 rings (SSSR count). The number of carbonyl (C=O) groups excluding carboxylic acids is 1. The Morgan fingerprint density at radius 1 is 1.09 bits per heavy atom. The summed E-state index contributed by atoms with van der Waals surface area (Å²) in [5.74, 6) is 0.348. The molecule has 0 radical (unpaired) electrons. The summed E-state index contributed by atoms with van der Waals surface area (Å²) in [6.45, 7) is 0. The molecule has 0 atom stereocenters. The van der Waals surface area contributed by atoms with E-state index in [4.69, 9.17) is 4.74 Å². The van der Waals surface area contributed by atoms with Gasteiger partial charge in [-0.15, -0.1) is 11.3 Å². The van der Waals surface area contributed by atoms with Crippen molar-refractivity contribution in [2.24, 2.45) is 0 Å². The van der Waals surface area contributed by atoms with E-state index in [1.165, 1.54) is 17.4 Å². The fraction of sp³-hybridized carbons (Fsp3) is 0.120. The van der Waals surface area contributed by atoms with Crippen molar-refractivity contribution in [3.63, 3.8) is 0 Å². The molecule has 34 heavy (non-hydrogen) atoms. The molecule has 0 saturated heterocycles. The van der Waals surface area contributed by atoms with Crippen LogP contribution in [0.5, 0.6) is 5.75 Å². The number of methoxy groups -OCH3 is 1. The lowest BCUT2D eigenvalue weighted by molar-refractivity contribution is -0.113. The van der Waals surface area contributed by atoms with E-state index >= 15 is 0 Å². The standard InChI is InChI=1S/C25H22N2O4S3/c1-31-22-10-6-5-9-19(22)16-32-25-27-21-12-11-20(15-23(21)33-25)26-24(28)17-34(29,30)14-13-18-7-3-2-4-8-18/h2-15H,16-17H2,1H3,(H,26,28). The van der Waals surface area contributed by atoms with Gasteiger partial charge in [-0.1, -0.05) is 60.3 Å². The third-order valence-corrected chi connectivity index (χ3v) is 8.22. The maximum atomic E-state index is 12.3. The molecule has 0 aliphatic rings. The quantitative estimate of drug-likeness (QED) is 0.294. The number of thioether (sulfide) groups is 1. The zero-order chi connectivity index (χ0) is 24.0. The Bertz CT molecular complexity index is 1430. The molecule has 0 saturated carbocycles. The Kier molecular flexibility index (Phi) is 7.66. The van der Waals surface area contributed by atoms with E-state index in [1.807, 2.05) is 54.6 Å². The number of sulfone groups is 1. The molecule has 9 heteroatoms. The van der Waals surface area contributed by atoms with E-state index in [-0.39, 0.29) is 0 Å². The Balaban J connectivity index is 1.38. The van der Waals surface area contributed by atoms with Crippen molar-refractivity contribution in [2.45, 2.75) is 10.1 Å². The molecule has 0 aliphatic carbocycles. The number of aromatic nitrogens is 1. The molecule has 3 aromatic carbocycles. The van der Waals surface area contributed by atoms with Crippen LogP contribution in [0.1, 0.15) is 11.1 Å². The molecular formula is C25H22N2O4S3. The summed E-state index contributed by atoms with van der Waals surface area (Å²) in [6.07, 6.45) is 1.48. The molecule has 1 heterocycles. The fourth-order valence-electron chi connectivity index (χ4n) is 3.18. The third-order valence-electron chi connectivity index (χ3n) is 4.80. The van der Waals surface area contributed by atoms with Crippen molar-refractivity contribution < 1.29 is 17.9 Å². The molecule has 1 amide bonds. The average molecular weight is 511 g/mol. The summed E-state index contributed by atoms with van der Waals surface area (Å²) in [6, 6.07) is 22.3. The van der Waals surface area contributed by atoms with Gasteiger partial charge < -0.3 is 10.1 Å². The molecule has 0 spiro atoms. The molecule has 1 N–H and O–H groups in total. The molecular weight excluding hydrogens is 488 g/mol. The minimum absolute atomic E-state index is 0.532. The highest BCUT2D eigenvalue weighted by atomic mass is 32.2. The third kappa shape index (κ3) is 6.47. The van der Waals surface area contributed by atoms with Gasteiger partial charge in [0.05, 0.1) is 17.3 Å². The van der Waals surface area contributed by atoms with Gasteiger partial charge in [-0.3, -0.25) is 4.79 Å². The molecule has 0 unspecified atom stereocenters. The topological polar surface area (TPSA) is 85.4 Å². The summed E-state index contributed by atoms with van der Waals surface area (Å²) >= 11 is 3.13. The molecule has 4 aromatic rings. The minimum atomic E-state index is -3.69. The van der Waals surface area contributed by atoms with Crippen molar-refractivity contribution in [1.29, 1.82) is 0 Å². The lowest BCUT2D eigenvalue weighted by Gasteiger charge is -2.06. The second-order valence-corrected chi connectivity index (χ2v) is 11.5. The molecule has 6 nitrogen and oxygen atoms in total. The first-order valence-electron chi connectivity index (χ1n) is 10.3. The summed E-state index contributed by atoms with van der Waals surface area (Å²) in [5, 5.41) is 3.74. The lowest BCUT2D eigenvalue weighted by Crippen LogP contribution is -2.21. The highest BCUT2D eigenvalue weighted by molar-refractivity contribution is 8.00. The molecule has 1 aromatic heterocycles. The van der Waals surface area contributed by atoms with E-state index in [0.29, 0.717) is 5.69 Å². The molecule has 0 bridgehead atoms. The average Bonchev–Trinajstić information content (AvgIpc) is 3.24. The summed E-state index contributed by atoms with van der Waals surface area (Å²) in [4.78, 5) is 17.0. The van der Waals surface area contributed by atoms with E-state index in [9.17, 15) is 13.2 Å². The highest BCUT2D eigenvalue weighted by Gasteiger charge is 2.15. The smallest absolute Gasteiger partial charge is 0.239 e. The van der Waals surface area contributed by atoms with Crippen LogP contribution in [0, 0.1) is 0 Å². The Hall–Kier alpha value is -3.14. The van der Waals surface area contributed by atoms with Crippen LogP contribution in [-0.2, 0) is 20.4 Å². The molecule has 0 fully saturated rings. The van der Waals surface area contributed by atoms with Crippen molar-refractivity contribution >= 4 is 60.8 Å². The van der Waals surface area contributed by atoms with Gasteiger partial charge in [0.1, 0.15) is 11.5 Å². The maximum absolute atomic E-state index is 12.3. The molecule has 0 aliphatic heterocycles. The number of thiazole rings is 1. The highest BCUT2D eigenvalue weighted by Crippen LogP contribution is 2.34. The Labute approximate surface area is 206 Å². The number of nitrogens with zero attached hydrogens (tertiary/aromatic N) is 1. The number of nitrogens with one attached hydrogen (secondary N) is 1. The number of para-hydroxylation sites is 1. The number of ether oxygens (including phenoxy) is 1. The first kappa shape index (κ1) is 24.0. The zero-order valence-corrected chi connectivity index (χ0v) is 20.8. The van der Waals surface area contributed by atoms with Crippen molar-refractivity contribution in [3.05, 3.63) is 89.3 Å². The zero-order valence-electron chi connectivity index (χ0n) is 18.3. The van der Waals surface area contributed by atoms with Gasteiger partial charge in [0.25, 0.3) is 0 Å². The molecule has 174 valence electrons. The number of rotatable bonds is 9. The Morgan fingerprint density at radius 2 is 1.85 bits per heavy atom. The van der Waals surface area contributed by atoms with E-state index in [2.05, 4.69) is 10.3 Å². The number of anilines is 1. The van der Waals surface area contributed by atoms with Gasteiger partial charge in [0.2, 0.25) is 5.91 Å². The van der Waals surface area contributed by atoms with Gasteiger partial charge in [0.15, 0.2) is 14.2 Å². The van der Waals surface area contributed by atoms with Crippen LogP contribution in [0.25, 0.3) is 16.3 Å². The van der Waals surface area contributed by atoms with Crippen LogP contribution >= 0.6 is 23.1 Å². The van der Waals surface area contributed by atoms with Crippen LogP contribution in [0.15, 0.2) is 82.5 Å². The van der Waals surface area contributed by atoms with Crippen LogP contribution in [-0.4, -0.2) is 32.2 Å². The summed E-state index contributed by atoms with van der Waals surface area (Å²) in [7, 11) is -2.04. The van der Waals surface area contributed by atoms with Crippen LogP contribution in [0.3, 0.4) is 0 Å². The Morgan fingerprint density at radius 3 is 2.65 bits per heavy atom. The minimum Gasteiger partial charge on any atom is -0.496 e. The summed E-state index contributed by atoms with van der Waals surface area (Å²) in [5.41, 5.74) is 3.19. The number of carbonyl (C=O) groups is 1. The predicted molar refractivity (Wildman–Crippen MR) is 140 cm³/mol. The second-order valence-electron chi connectivity index (χ2n) is 7.33. The van der Waals surface area contributed by atoms with Crippen LogP contribution < -0.4 is 10.1 Å². The van der Waals surface area contributed by atoms with Crippen LogP contribution in [0.4, 0.5) is 5.69 Å². The number of hydrogen-bond donors (Lipinski definition) is 1. The lowest BCUT2D eigenvalue weighted by atomic mass is 10.2. The predicted octanol–water partition coefficient (Wildman–Crippen LogP) is 5.62. The number of fused-ring (bicyclic) bond motifs is 1. The van der Waals surface area contributed by atoms with Gasteiger partial charge in [-0.05, 0) is 35.9 Å². The van der Waals surface area contributed by atoms with Crippen molar-refractivity contribution in [1.82, 2.24) is 4.98 Å². The first-order chi connectivity index (χ1) is 16.4. The normalized spacial score (nSPS) is 11.7. The van der Waals surface area contributed by atoms with Gasteiger partial charge in [-0.2, -0.15) is 0 Å². The fourth-order valence-corrected chi connectivity index (χ4v) is 6.18. The first-order valence-corrected chi connectivity index (χ1v) is 13.8. The van der Waals surface area contributed by atoms with E-state index < -0.39 is 21.5 Å². The van der Waals surface area contributed by atoms with Gasteiger partial charge >= 0.3 is 0 Å². The second kappa shape index (κ2) is 10.9. The van der Waals surface area contributed by atoms with Crippen molar-refractivity contribution in [2.75, 3.05) is 18.2 Å². The van der Waals surface area contributed by atoms with Gasteiger partial charge in [-0.25, -0.2) is 13.4 Å². The summed E-state index contributed by atoms with van der Waals surface area (Å²) < 4.78 is 31.8. The monoisotopic (exact) mass is 510 g/mol. The van der Waals surface area contributed by atoms with Crippen LogP contribution in [0.2, 0.25) is 0 Å². The SMILES string of the molecule is COc1ccccc1CSc1nc2ccc(NC(=O)CS(=O)(=O)C=Cc3ccccc3)cc2s1. The number of benzene rings is 3. The van der Waals surface area contributed by atoms with E-state index in [0.717, 1.165) is 42.6 Å². The number of amides is 1. The largest absolute Gasteiger partial charge is 0.496 e.